The molecule has 1 aromatic carbocycles. The molecule has 0 spiro atoms. The van der Waals surface area contributed by atoms with E-state index in [2.05, 4.69) is 14.1 Å². The minimum Gasteiger partial charge on any atom is -0.352 e. The van der Waals surface area contributed by atoms with Gasteiger partial charge in [-0.25, -0.2) is 8.42 Å². The van der Waals surface area contributed by atoms with E-state index in [1.54, 1.807) is 12.1 Å². The van der Waals surface area contributed by atoms with Crippen LogP contribution in [0.15, 0.2) is 23.1 Å². The number of benzene rings is 1. The van der Waals surface area contributed by atoms with E-state index in [-0.39, 0.29) is 23.4 Å². The molecule has 136 valence electrons. The number of carbonyl (C=O) groups excluding carboxylic acids is 1. The minimum atomic E-state index is -3.80. The van der Waals surface area contributed by atoms with Crippen molar-refractivity contribution in [2.75, 3.05) is 13.6 Å². The van der Waals surface area contributed by atoms with Gasteiger partial charge in [-0.15, -0.1) is 0 Å². The predicted molar refractivity (Wildman–Crippen MR) is 96.9 cm³/mol. The summed E-state index contributed by atoms with van der Waals surface area (Å²) in [6.07, 6.45) is 6.55. The molecule has 1 saturated carbocycles. The highest BCUT2D eigenvalue weighted by molar-refractivity contribution is 7.89. The highest BCUT2D eigenvalue weighted by Crippen LogP contribution is 2.23. The van der Waals surface area contributed by atoms with Gasteiger partial charge in [0, 0.05) is 13.1 Å². The zero-order valence-corrected chi connectivity index (χ0v) is 15.8. The molecule has 0 bridgehead atoms. The first-order valence-electron chi connectivity index (χ1n) is 8.45. The Bertz CT molecular complexity index is 842. The molecule has 7 nitrogen and oxygen atoms in total. The van der Waals surface area contributed by atoms with Crippen LogP contribution in [0.2, 0.25) is 0 Å². The Labute approximate surface area is 151 Å². The number of aromatic nitrogens is 2. The summed E-state index contributed by atoms with van der Waals surface area (Å²) >= 11 is 0.972. The molecule has 0 saturated heterocycles. The van der Waals surface area contributed by atoms with Gasteiger partial charge in [-0.2, -0.15) is 13.1 Å². The summed E-state index contributed by atoms with van der Waals surface area (Å²) in [6.45, 7) is -0.202. The summed E-state index contributed by atoms with van der Waals surface area (Å²) in [6, 6.07) is 5.00. The molecule has 1 fully saturated rings. The number of nitrogens with zero attached hydrogens (tertiary/aromatic N) is 3. The largest absolute Gasteiger partial charge is 0.352 e. The normalized spacial score (nSPS) is 16.9. The molecule has 1 aromatic heterocycles. The smallest absolute Gasteiger partial charge is 0.245 e. The van der Waals surface area contributed by atoms with E-state index >= 15 is 0 Å². The van der Waals surface area contributed by atoms with E-state index in [1.165, 1.54) is 26.0 Å². The third-order valence-electron chi connectivity index (χ3n) is 4.52. The van der Waals surface area contributed by atoms with Gasteiger partial charge >= 0.3 is 0 Å². The van der Waals surface area contributed by atoms with Gasteiger partial charge in [-0.1, -0.05) is 31.7 Å². The molecule has 1 N–H and O–H groups in total. The second-order valence-electron chi connectivity index (χ2n) is 6.41. The molecule has 9 heteroatoms. The fourth-order valence-electron chi connectivity index (χ4n) is 3.14. The second-order valence-corrected chi connectivity index (χ2v) is 8.95. The molecule has 0 radical (unpaired) electrons. The van der Waals surface area contributed by atoms with E-state index in [4.69, 9.17) is 0 Å². The first-order chi connectivity index (χ1) is 12.0. The molecule has 1 amide bonds. The summed E-state index contributed by atoms with van der Waals surface area (Å²) in [5.41, 5.74) is 0.894. The fraction of sp³-hybridized carbons (Fsp3) is 0.562. The Hall–Kier alpha value is -1.58. The van der Waals surface area contributed by atoms with Crippen molar-refractivity contribution in [1.29, 1.82) is 0 Å². The third kappa shape index (κ3) is 4.16. The highest BCUT2D eigenvalue weighted by atomic mass is 32.2. The maximum Gasteiger partial charge on any atom is 0.245 e. The summed E-state index contributed by atoms with van der Waals surface area (Å²) in [4.78, 5) is 12.4. The number of nitrogens with one attached hydrogen (secondary N) is 1. The van der Waals surface area contributed by atoms with Gasteiger partial charge in [0.25, 0.3) is 0 Å². The predicted octanol–water partition coefficient (Wildman–Crippen LogP) is 2.15. The molecule has 2 aromatic rings. The van der Waals surface area contributed by atoms with Crippen LogP contribution in [0, 0.1) is 0 Å². The molecule has 1 aliphatic carbocycles. The van der Waals surface area contributed by atoms with E-state index in [0.29, 0.717) is 11.0 Å². The van der Waals surface area contributed by atoms with Crippen molar-refractivity contribution in [3.8, 4) is 0 Å². The Morgan fingerprint density at radius 2 is 1.96 bits per heavy atom. The third-order valence-corrected chi connectivity index (χ3v) is 6.90. The van der Waals surface area contributed by atoms with E-state index in [0.717, 1.165) is 41.7 Å². The van der Waals surface area contributed by atoms with Crippen molar-refractivity contribution in [3.63, 3.8) is 0 Å². The lowest BCUT2D eigenvalue weighted by atomic mass is 10.1. The SMILES string of the molecule is CN(CC(=O)NC1CCCCCC1)S(=O)(=O)c1cccc2nsnc12. The monoisotopic (exact) mass is 382 g/mol. The Morgan fingerprint density at radius 3 is 2.68 bits per heavy atom. The second kappa shape index (κ2) is 7.76. The van der Waals surface area contributed by atoms with Crippen molar-refractivity contribution in [2.24, 2.45) is 0 Å². The number of fused-ring (bicyclic) bond motifs is 1. The van der Waals surface area contributed by atoms with Crippen molar-refractivity contribution in [3.05, 3.63) is 18.2 Å². The number of amides is 1. The van der Waals surface area contributed by atoms with Crippen LogP contribution in [0.3, 0.4) is 0 Å². The number of hydrogen-bond donors (Lipinski definition) is 1. The molecular weight excluding hydrogens is 360 g/mol. The van der Waals surface area contributed by atoms with Crippen LogP contribution in [-0.2, 0) is 14.8 Å². The van der Waals surface area contributed by atoms with Crippen LogP contribution >= 0.6 is 11.7 Å². The van der Waals surface area contributed by atoms with Gasteiger partial charge in [-0.3, -0.25) is 4.79 Å². The number of carbonyl (C=O) groups is 1. The number of likely N-dealkylation sites (N-methyl/N-ethyl adjacent to an activating group) is 1. The molecule has 25 heavy (non-hydrogen) atoms. The van der Waals surface area contributed by atoms with E-state index < -0.39 is 10.0 Å². The van der Waals surface area contributed by atoms with Gasteiger partial charge in [0.05, 0.1) is 18.3 Å². The molecule has 0 atom stereocenters. The van der Waals surface area contributed by atoms with Crippen LogP contribution in [0.1, 0.15) is 38.5 Å². The summed E-state index contributed by atoms with van der Waals surface area (Å²) in [5.74, 6) is -0.262. The summed E-state index contributed by atoms with van der Waals surface area (Å²) < 4.78 is 34.8. The number of sulfonamides is 1. The minimum absolute atomic E-state index is 0.0866. The van der Waals surface area contributed by atoms with Crippen molar-refractivity contribution < 1.29 is 13.2 Å². The highest BCUT2D eigenvalue weighted by Gasteiger charge is 2.27. The first kappa shape index (κ1) is 18.2. The maximum absolute atomic E-state index is 12.8. The Balaban J connectivity index is 1.70. The quantitative estimate of drug-likeness (QED) is 0.800. The van der Waals surface area contributed by atoms with Crippen LogP contribution in [0.25, 0.3) is 11.0 Å². The first-order valence-corrected chi connectivity index (χ1v) is 10.6. The standard InChI is InChI=1S/C16H22N4O3S2/c1-20(11-15(21)17-12-7-4-2-3-5-8-12)25(22,23)14-10-6-9-13-16(14)19-24-18-13/h6,9-10,12H,2-5,7-8,11H2,1H3,(H,17,21). The van der Waals surface area contributed by atoms with E-state index in [1.807, 2.05) is 0 Å². The lowest BCUT2D eigenvalue weighted by molar-refractivity contribution is -0.121. The molecule has 0 unspecified atom stereocenters. The Morgan fingerprint density at radius 1 is 1.24 bits per heavy atom. The molecule has 1 aliphatic rings. The molecular formula is C16H22N4O3S2. The topological polar surface area (TPSA) is 92.3 Å². The van der Waals surface area contributed by atoms with Crippen LogP contribution < -0.4 is 5.32 Å². The summed E-state index contributed by atoms with van der Waals surface area (Å²) in [5, 5.41) is 2.97. The average Bonchev–Trinajstić information content (AvgIpc) is 2.92. The fourth-order valence-corrected chi connectivity index (χ4v) is 5.02. The number of hydrogen-bond acceptors (Lipinski definition) is 6. The molecule has 0 aliphatic heterocycles. The van der Waals surface area contributed by atoms with Gasteiger partial charge in [0.2, 0.25) is 15.9 Å². The average molecular weight is 383 g/mol. The van der Waals surface area contributed by atoms with Crippen LogP contribution in [0.4, 0.5) is 0 Å². The number of rotatable bonds is 5. The molecule has 1 heterocycles. The summed E-state index contributed by atoms with van der Waals surface area (Å²) in [7, 11) is -2.38. The molecule has 3 rings (SSSR count). The van der Waals surface area contributed by atoms with Crippen molar-refractivity contribution in [2.45, 2.75) is 49.5 Å². The van der Waals surface area contributed by atoms with E-state index in [9.17, 15) is 13.2 Å². The lowest BCUT2D eigenvalue weighted by Crippen LogP contribution is -2.42. The van der Waals surface area contributed by atoms with Crippen LogP contribution in [-0.4, -0.2) is 47.0 Å². The lowest BCUT2D eigenvalue weighted by Gasteiger charge is -2.20. The van der Waals surface area contributed by atoms with Crippen LogP contribution in [0.5, 0.6) is 0 Å². The van der Waals surface area contributed by atoms with Gasteiger partial charge < -0.3 is 5.32 Å². The van der Waals surface area contributed by atoms with Gasteiger partial charge in [-0.05, 0) is 25.0 Å². The van der Waals surface area contributed by atoms with Gasteiger partial charge in [0.1, 0.15) is 15.9 Å². The Kier molecular flexibility index (Phi) is 5.65. The van der Waals surface area contributed by atoms with Gasteiger partial charge in [0.15, 0.2) is 0 Å². The van der Waals surface area contributed by atoms with Crippen molar-refractivity contribution in [1.82, 2.24) is 18.4 Å². The zero-order chi connectivity index (χ0) is 17.9. The van der Waals surface area contributed by atoms with Crippen molar-refractivity contribution >= 4 is 38.7 Å². The maximum atomic E-state index is 12.8. The zero-order valence-electron chi connectivity index (χ0n) is 14.1.